The van der Waals surface area contributed by atoms with Crippen LogP contribution in [0.15, 0.2) is 12.2 Å². The Hall–Kier alpha value is -1.07. The summed E-state index contributed by atoms with van der Waals surface area (Å²) in [6.45, 7) is 3.74. The highest BCUT2D eigenvalue weighted by atomic mass is 16.7. The first-order chi connectivity index (χ1) is 27.3. The molecule has 0 aromatic heterocycles. The molecule has 0 radical (unpaired) electrons. The van der Waals surface area contributed by atoms with E-state index >= 15 is 0 Å². The zero-order valence-corrected chi connectivity index (χ0v) is 36.4. The van der Waals surface area contributed by atoms with Crippen molar-refractivity contribution in [3.8, 4) is 0 Å². The molecule has 0 aromatic rings. The Morgan fingerprint density at radius 3 is 1.39 bits per heavy atom. The molecular weight excluding hydrogens is 707 g/mol. The van der Waals surface area contributed by atoms with E-state index in [1.165, 1.54) is 167 Å². The van der Waals surface area contributed by atoms with Gasteiger partial charge in [0, 0.05) is 6.42 Å². The predicted molar refractivity (Wildman–Crippen MR) is 231 cm³/mol. The second-order valence-electron chi connectivity index (χ2n) is 16.9. The van der Waals surface area contributed by atoms with Gasteiger partial charge in [0.25, 0.3) is 0 Å². The molecule has 1 heterocycles. The lowest BCUT2D eigenvalue weighted by Crippen LogP contribution is -2.60. The van der Waals surface area contributed by atoms with Gasteiger partial charge in [-0.15, -0.1) is 0 Å². The van der Waals surface area contributed by atoms with E-state index in [1.54, 1.807) is 6.08 Å². The Morgan fingerprint density at radius 2 is 0.982 bits per heavy atom. The minimum atomic E-state index is -1.56. The zero-order valence-electron chi connectivity index (χ0n) is 36.4. The van der Waals surface area contributed by atoms with E-state index in [0.29, 0.717) is 6.42 Å². The maximum atomic E-state index is 12.9. The van der Waals surface area contributed by atoms with Gasteiger partial charge in [0.2, 0.25) is 5.91 Å². The largest absolute Gasteiger partial charge is 0.394 e. The highest BCUT2D eigenvalue weighted by Gasteiger charge is 2.44. The summed E-state index contributed by atoms with van der Waals surface area (Å²) in [5.74, 6) is -0.176. The zero-order chi connectivity index (χ0) is 40.9. The molecule has 1 aliphatic rings. The number of ether oxygens (including phenoxy) is 2. The standard InChI is InChI=1S/C47H91NO8/c1-3-5-7-9-11-13-14-15-16-17-18-19-20-21-22-23-24-25-26-27-28-29-31-33-35-37-43(51)48-40(41(50)36-34-32-30-12-10-8-6-4-2)39-55-47-46(54)45(53)44(52)42(38-49)56-47/h34,36,40-42,44-47,49-50,52-54H,3-33,35,37-39H2,1-2H3,(H,48,51)/b36-34+. The molecule has 1 aliphatic heterocycles. The number of carbonyl (C=O) groups is 1. The Labute approximate surface area is 344 Å². The fraction of sp³-hybridized carbons (Fsp3) is 0.936. The lowest BCUT2D eigenvalue weighted by atomic mass is 9.99. The van der Waals surface area contributed by atoms with Crippen LogP contribution in [0.25, 0.3) is 0 Å². The second kappa shape index (κ2) is 38.2. The van der Waals surface area contributed by atoms with E-state index < -0.39 is 49.5 Å². The van der Waals surface area contributed by atoms with E-state index in [2.05, 4.69) is 19.2 Å². The Balaban J connectivity index is 2.16. The van der Waals surface area contributed by atoms with Crippen LogP contribution in [0.4, 0.5) is 0 Å². The van der Waals surface area contributed by atoms with Crippen molar-refractivity contribution in [2.75, 3.05) is 13.2 Å². The number of unbranched alkanes of at least 4 members (excludes halogenated alkanes) is 30. The third-order valence-corrected chi connectivity index (χ3v) is 11.6. The SMILES string of the molecule is CCCCCCCC/C=C/C(O)C(COC1OC(CO)C(O)C(O)C1O)NC(=O)CCCCCCCCCCCCCCCCCCCCCCCCCCC. The van der Waals surface area contributed by atoms with E-state index in [0.717, 1.165) is 38.5 Å². The van der Waals surface area contributed by atoms with E-state index in [9.17, 15) is 30.3 Å². The Bertz CT molecular complexity index is 888. The van der Waals surface area contributed by atoms with Crippen molar-refractivity contribution in [3.05, 3.63) is 12.2 Å². The van der Waals surface area contributed by atoms with Crippen LogP contribution >= 0.6 is 0 Å². The molecule has 0 bridgehead atoms. The first kappa shape index (κ1) is 52.9. The summed E-state index contributed by atoms with van der Waals surface area (Å²) < 4.78 is 11.2. The lowest BCUT2D eigenvalue weighted by molar-refractivity contribution is -0.302. The van der Waals surface area contributed by atoms with E-state index in [4.69, 9.17) is 9.47 Å². The van der Waals surface area contributed by atoms with Gasteiger partial charge < -0.3 is 40.3 Å². The summed E-state index contributed by atoms with van der Waals surface area (Å²) in [4.78, 5) is 12.9. The summed E-state index contributed by atoms with van der Waals surface area (Å²) in [5, 5.41) is 54.0. The summed E-state index contributed by atoms with van der Waals surface area (Å²) in [6, 6.07) is -0.796. The highest BCUT2D eigenvalue weighted by molar-refractivity contribution is 5.76. The minimum absolute atomic E-state index is 0.176. The van der Waals surface area contributed by atoms with Gasteiger partial charge in [-0.2, -0.15) is 0 Å². The van der Waals surface area contributed by atoms with Crippen LogP contribution in [-0.4, -0.2) is 87.5 Å². The second-order valence-corrected chi connectivity index (χ2v) is 16.9. The molecule has 1 amide bonds. The number of rotatable bonds is 40. The predicted octanol–water partition coefficient (Wildman–Crippen LogP) is 10.1. The van der Waals surface area contributed by atoms with Gasteiger partial charge in [-0.1, -0.05) is 212 Å². The number of hydrogen-bond acceptors (Lipinski definition) is 8. The van der Waals surface area contributed by atoms with Gasteiger partial charge in [-0.25, -0.2) is 0 Å². The monoisotopic (exact) mass is 798 g/mol. The van der Waals surface area contributed by atoms with Crippen molar-refractivity contribution < 1.29 is 39.8 Å². The first-order valence-electron chi connectivity index (χ1n) is 23.9. The number of nitrogens with one attached hydrogen (secondary N) is 1. The average molecular weight is 798 g/mol. The van der Waals surface area contributed by atoms with Crippen molar-refractivity contribution in [1.82, 2.24) is 5.32 Å². The third-order valence-electron chi connectivity index (χ3n) is 11.6. The summed E-state index contributed by atoms with van der Waals surface area (Å²) in [6.07, 6.45) is 37.2. The molecular formula is C47H91NO8. The lowest BCUT2D eigenvalue weighted by Gasteiger charge is -2.40. The molecule has 9 heteroatoms. The maximum absolute atomic E-state index is 12.9. The molecule has 0 aliphatic carbocycles. The van der Waals surface area contributed by atoms with Crippen LogP contribution in [0.3, 0.4) is 0 Å². The van der Waals surface area contributed by atoms with Crippen molar-refractivity contribution in [1.29, 1.82) is 0 Å². The molecule has 9 nitrogen and oxygen atoms in total. The van der Waals surface area contributed by atoms with Crippen LogP contribution in [0.2, 0.25) is 0 Å². The molecule has 7 unspecified atom stereocenters. The molecule has 1 rings (SSSR count). The van der Waals surface area contributed by atoms with E-state index in [1.807, 2.05) is 6.08 Å². The van der Waals surface area contributed by atoms with Crippen LogP contribution in [0.1, 0.15) is 226 Å². The number of aliphatic hydroxyl groups is 5. The molecule has 7 atom stereocenters. The number of aliphatic hydroxyl groups excluding tert-OH is 5. The topological polar surface area (TPSA) is 149 Å². The summed E-state index contributed by atoms with van der Waals surface area (Å²) in [7, 11) is 0. The van der Waals surface area contributed by atoms with E-state index in [-0.39, 0.29) is 12.5 Å². The van der Waals surface area contributed by atoms with Gasteiger partial charge in [0.05, 0.1) is 25.4 Å². The smallest absolute Gasteiger partial charge is 0.220 e. The third kappa shape index (κ3) is 28.4. The molecule has 332 valence electrons. The molecule has 6 N–H and O–H groups in total. The fourth-order valence-electron chi connectivity index (χ4n) is 7.75. The summed E-state index contributed by atoms with van der Waals surface area (Å²) >= 11 is 0. The van der Waals surface area contributed by atoms with Crippen LogP contribution < -0.4 is 5.32 Å². The number of carbonyl (C=O) groups excluding carboxylic acids is 1. The van der Waals surface area contributed by atoms with Gasteiger partial charge in [0.15, 0.2) is 6.29 Å². The molecule has 1 saturated heterocycles. The Morgan fingerprint density at radius 1 is 0.589 bits per heavy atom. The van der Waals surface area contributed by atoms with Gasteiger partial charge in [-0.05, 0) is 19.3 Å². The van der Waals surface area contributed by atoms with Crippen LogP contribution in [0.5, 0.6) is 0 Å². The fourth-order valence-corrected chi connectivity index (χ4v) is 7.75. The molecule has 0 saturated carbocycles. The van der Waals surface area contributed by atoms with Crippen molar-refractivity contribution in [2.45, 2.75) is 269 Å². The van der Waals surface area contributed by atoms with Gasteiger partial charge >= 0.3 is 0 Å². The van der Waals surface area contributed by atoms with Crippen LogP contribution in [-0.2, 0) is 14.3 Å². The highest BCUT2D eigenvalue weighted by Crippen LogP contribution is 2.23. The van der Waals surface area contributed by atoms with Gasteiger partial charge in [0.1, 0.15) is 24.4 Å². The normalized spacial score (nSPS) is 21.2. The maximum Gasteiger partial charge on any atom is 0.220 e. The molecule has 1 fully saturated rings. The first-order valence-corrected chi connectivity index (χ1v) is 23.9. The minimum Gasteiger partial charge on any atom is -0.394 e. The van der Waals surface area contributed by atoms with Crippen molar-refractivity contribution >= 4 is 5.91 Å². The number of amides is 1. The van der Waals surface area contributed by atoms with Crippen molar-refractivity contribution in [2.24, 2.45) is 0 Å². The van der Waals surface area contributed by atoms with Crippen LogP contribution in [0, 0.1) is 0 Å². The molecule has 56 heavy (non-hydrogen) atoms. The summed E-state index contributed by atoms with van der Waals surface area (Å²) in [5.41, 5.74) is 0. The van der Waals surface area contributed by atoms with Gasteiger partial charge in [-0.3, -0.25) is 4.79 Å². The average Bonchev–Trinajstić information content (AvgIpc) is 3.20. The number of hydrogen-bond donors (Lipinski definition) is 6. The molecule has 0 spiro atoms. The molecule has 0 aromatic carbocycles. The number of allylic oxidation sites excluding steroid dienone is 1. The van der Waals surface area contributed by atoms with Crippen molar-refractivity contribution in [3.63, 3.8) is 0 Å². The quantitative estimate of drug-likeness (QED) is 0.0265. The Kier molecular flexibility index (Phi) is 36.1.